The largest absolute Gasteiger partial charge is 0.389 e. The first-order valence-electron chi connectivity index (χ1n) is 5.93. The molecule has 0 aromatic carbocycles. The molecule has 1 aliphatic rings. The number of aliphatic hydroxyl groups is 1. The first-order valence-corrected chi connectivity index (χ1v) is 5.93. The zero-order valence-electron chi connectivity index (χ0n) is 10.3. The Labute approximate surface area is 97.1 Å². The molecule has 1 saturated heterocycles. The molecule has 1 atom stereocenters. The molecule has 0 spiro atoms. The Morgan fingerprint density at radius 1 is 1.50 bits per heavy atom. The maximum atomic E-state index is 9.77. The summed E-state index contributed by atoms with van der Waals surface area (Å²) in [7, 11) is 0. The van der Waals surface area contributed by atoms with Crippen molar-refractivity contribution in [3.63, 3.8) is 0 Å². The summed E-state index contributed by atoms with van der Waals surface area (Å²) in [4.78, 5) is 6.76. The predicted molar refractivity (Wildman–Crippen MR) is 65.5 cm³/mol. The minimum Gasteiger partial charge on any atom is -0.389 e. The third kappa shape index (κ3) is 1.92. The van der Waals surface area contributed by atoms with Crippen molar-refractivity contribution >= 4 is 5.82 Å². The third-order valence-electron chi connectivity index (χ3n) is 3.42. The van der Waals surface area contributed by atoms with Crippen LogP contribution in [-0.4, -0.2) is 22.2 Å². The zero-order chi connectivity index (χ0) is 11.8. The zero-order valence-corrected chi connectivity index (χ0v) is 10.3. The van der Waals surface area contributed by atoms with Gasteiger partial charge in [-0.2, -0.15) is 0 Å². The molecule has 3 nitrogen and oxygen atoms in total. The summed E-state index contributed by atoms with van der Waals surface area (Å²) in [5, 5.41) is 9.77. The van der Waals surface area contributed by atoms with Crippen molar-refractivity contribution < 1.29 is 5.11 Å². The van der Waals surface area contributed by atoms with Gasteiger partial charge < -0.3 is 10.0 Å². The lowest BCUT2D eigenvalue weighted by Gasteiger charge is -2.34. The maximum absolute atomic E-state index is 9.77. The smallest absolute Gasteiger partial charge is 0.134 e. The molecule has 2 heterocycles. The van der Waals surface area contributed by atoms with Gasteiger partial charge in [-0.1, -0.05) is 6.07 Å². The fraction of sp³-hybridized carbons (Fsp3) is 0.615. The molecule has 1 aromatic rings. The monoisotopic (exact) mass is 220 g/mol. The second-order valence-corrected chi connectivity index (χ2v) is 5.16. The first-order chi connectivity index (χ1) is 7.52. The number of nitrogens with zero attached hydrogens (tertiary/aromatic N) is 2. The molecule has 0 bridgehead atoms. The van der Waals surface area contributed by atoms with E-state index in [0.29, 0.717) is 0 Å². The summed E-state index contributed by atoms with van der Waals surface area (Å²) >= 11 is 0. The van der Waals surface area contributed by atoms with Gasteiger partial charge >= 0.3 is 0 Å². The lowest BCUT2D eigenvalue weighted by Crippen LogP contribution is -2.39. The minimum absolute atomic E-state index is 0.151. The van der Waals surface area contributed by atoms with Crippen LogP contribution < -0.4 is 4.90 Å². The van der Waals surface area contributed by atoms with Crippen molar-refractivity contribution in [3.05, 3.63) is 23.9 Å². The van der Waals surface area contributed by atoms with Gasteiger partial charge in [0.05, 0.1) is 6.10 Å². The molecule has 1 aliphatic heterocycles. The van der Waals surface area contributed by atoms with E-state index in [-0.39, 0.29) is 5.54 Å². The summed E-state index contributed by atoms with van der Waals surface area (Å²) in [6.07, 6.45) is 3.72. The molecule has 88 valence electrons. The Morgan fingerprint density at radius 3 is 2.81 bits per heavy atom. The molecule has 1 aromatic heterocycles. The van der Waals surface area contributed by atoms with Gasteiger partial charge in [-0.05, 0) is 39.7 Å². The van der Waals surface area contributed by atoms with Crippen LogP contribution in [0.4, 0.5) is 5.82 Å². The minimum atomic E-state index is -0.458. The molecule has 0 aliphatic carbocycles. The SMILES string of the molecule is CC(O)c1cccnc1N1CCCC1(C)C. The molecular formula is C13H20N2O. The molecule has 1 unspecified atom stereocenters. The maximum Gasteiger partial charge on any atom is 0.134 e. The topological polar surface area (TPSA) is 36.4 Å². The second-order valence-electron chi connectivity index (χ2n) is 5.16. The van der Waals surface area contributed by atoms with Crippen LogP contribution in [0.15, 0.2) is 18.3 Å². The molecule has 0 amide bonds. The van der Waals surface area contributed by atoms with Gasteiger partial charge in [-0.3, -0.25) is 0 Å². The lowest BCUT2D eigenvalue weighted by atomic mass is 10.0. The van der Waals surface area contributed by atoms with Crippen LogP contribution in [-0.2, 0) is 0 Å². The Balaban J connectivity index is 2.40. The molecule has 1 fully saturated rings. The van der Waals surface area contributed by atoms with E-state index in [1.165, 1.54) is 12.8 Å². The number of aliphatic hydroxyl groups excluding tert-OH is 1. The quantitative estimate of drug-likeness (QED) is 0.832. The normalized spacial score (nSPS) is 21.1. The lowest BCUT2D eigenvalue weighted by molar-refractivity contribution is 0.199. The number of rotatable bonds is 2. The Bertz CT molecular complexity index is 374. The van der Waals surface area contributed by atoms with Crippen LogP contribution in [0.1, 0.15) is 45.3 Å². The number of hydrogen-bond donors (Lipinski definition) is 1. The van der Waals surface area contributed by atoms with Gasteiger partial charge in [-0.25, -0.2) is 4.98 Å². The number of anilines is 1. The van der Waals surface area contributed by atoms with Crippen molar-refractivity contribution in [1.29, 1.82) is 0 Å². The summed E-state index contributed by atoms with van der Waals surface area (Å²) in [5.74, 6) is 0.944. The molecule has 16 heavy (non-hydrogen) atoms. The molecule has 0 radical (unpaired) electrons. The highest BCUT2D eigenvalue weighted by atomic mass is 16.3. The second kappa shape index (κ2) is 4.06. The van der Waals surface area contributed by atoms with Crippen LogP contribution >= 0.6 is 0 Å². The molecule has 0 saturated carbocycles. The highest BCUT2D eigenvalue weighted by Crippen LogP contribution is 2.35. The van der Waals surface area contributed by atoms with Crippen LogP contribution in [0.2, 0.25) is 0 Å². The van der Waals surface area contributed by atoms with Crippen molar-refractivity contribution in [3.8, 4) is 0 Å². The van der Waals surface area contributed by atoms with Gasteiger partial charge in [-0.15, -0.1) is 0 Å². The third-order valence-corrected chi connectivity index (χ3v) is 3.42. The fourth-order valence-corrected chi connectivity index (χ4v) is 2.46. The van der Waals surface area contributed by atoms with E-state index in [0.717, 1.165) is 17.9 Å². The summed E-state index contributed by atoms with van der Waals surface area (Å²) in [5.41, 5.74) is 1.08. The predicted octanol–water partition coefficient (Wildman–Crippen LogP) is 2.51. The number of hydrogen-bond acceptors (Lipinski definition) is 3. The number of pyridine rings is 1. The van der Waals surface area contributed by atoms with Gasteiger partial charge in [0.1, 0.15) is 5.82 Å². The van der Waals surface area contributed by atoms with Gasteiger partial charge in [0.15, 0.2) is 0 Å². The molecule has 2 rings (SSSR count). The van der Waals surface area contributed by atoms with Crippen molar-refractivity contribution in [2.45, 2.75) is 45.3 Å². The fourth-order valence-electron chi connectivity index (χ4n) is 2.46. The van der Waals surface area contributed by atoms with Crippen LogP contribution in [0.25, 0.3) is 0 Å². The Morgan fingerprint density at radius 2 is 2.25 bits per heavy atom. The Hall–Kier alpha value is -1.09. The molecule has 3 heteroatoms. The van der Waals surface area contributed by atoms with E-state index in [9.17, 15) is 5.11 Å². The number of aromatic nitrogens is 1. The van der Waals surface area contributed by atoms with Crippen LogP contribution in [0.5, 0.6) is 0 Å². The van der Waals surface area contributed by atoms with E-state index in [1.807, 2.05) is 12.1 Å². The van der Waals surface area contributed by atoms with E-state index in [4.69, 9.17) is 0 Å². The van der Waals surface area contributed by atoms with E-state index < -0.39 is 6.10 Å². The van der Waals surface area contributed by atoms with Gasteiger partial charge in [0, 0.05) is 23.8 Å². The van der Waals surface area contributed by atoms with E-state index in [1.54, 1.807) is 13.1 Å². The van der Waals surface area contributed by atoms with Gasteiger partial charge in [0.25, 0.3) is 0 Å². The molecule has 1 N–H and O–H groups in total. The average molecular weight is 220 g/mol. The highest BCUT2D eigenvalue weighted by Gasteiger charge is 2.34. The standard InChI is InChI=1S/C13H20N2O/c1-10(16)11-6-4-8-14-12(11)15-9-5-7-13(15,2)3/h4,6,8,10,16H,5,7,9H2,1-3H3. The average Bonchev–Trinajstić information content (AvgIpc) is 2.58. The Kier molecular flexibility index (Phi) is 2.89. The van der Waals surface area contributed by atoms with Crippen LogP contribution in [0.3, 0.4) is 0 Å². The van der Waals surface area contributed by atoms with Crippen molar-refractivity contribution in [2.75, 3.05) is 11.4 Å². The van der Waals surface area contributed by atoms with Crippen molar-refractivity contribution in [1.82, 2.24) is 4.98 Å². The van der Waals surface area contributed by atoms with Crippen molar-refractivity contribution in [2.24, 2.45) is 0 Å². The molecular weight excluding hydrogens is 200 g/mol. The van der Waals surface area contributed by atoms with E-state index in [2.05, 4.69) is 23.7 Å². The summed E-state index contributed by atoms with van der Waals surface area (Å²) in [6, 6.07) is 3.84. The summed E-state index contributed by atoms with van der Waals surface area (Å²) < 4.78 is 0. The van der Waals surface area contributed by atoms with Gasteiger partial charge in [0.2, 0.25) is 0 Å². The summed E-state index contributed by atoms with van der Waals surface area (Å²) in [6.45, 7) is 7.30. The highest BCUT2D eigenvalue weighted by molar-refractivity contribution is 5.51. The van der Waals surface area contributed by atoms with Crippen LogP contribution in [0, 0.1) is 0 Å². The first kappa shape index (κ1) is 11.4. The van der Waals surface area contributed by atoms with E-state index >= 15 is 0 Å².